The van der Waals surface area contributed by atoms with Crippen molar-refractivity contribution >= 4 is 6.02 Å². The fourth-order valence-electron chi connectivity index (χ4n) is 0.809. The molecular formula is C9H9F3N2O. The first-order chi connectivity index (χ1) is 6.97. The van der Waals surface area contributed by atoms with Gasteiger partial charge >= 0.3 is 6.18 Å². The van der Waals surface area contributed by atoms with Crippen molar-refractivity contribution in [2.45, 2.75) is 6.18 Å². The molecule has 0 spiro atoms. The van der Waals surface area contributed by atoms with Crippen molar-refractivity contribution in [3.63, 3.8) is 0 Å². The van der Waals surface area contributed by atoms with Crippen LogP contribution >= 0.6 is 0 Å². The molecule has 82 valence electrons. The van der Waals surface area contributed by atoms with E-state index >= 15 is 0 Å². The first kappa shape index (κ1) is 11.4. The number of nitrogens with zero attached hydrogens (tertiary/aromatic N) is 1. The summed E-state index contributed by atoms with van der Waals surface area (Å²) in [6.45, 7) is -1.34. The van der Waals surface area contributed by atoms with Gasteiger partial charge in [-0.15, -0.1) is 0 Å². The van der Waals surface area contributed by atoms with Crippen LogP contribution in [-0.4, -0.2) is 18.7 Å². The van der Waals surface area contributed by atoms with Crippen molar-refractivity contribution in [1.82, 2.24) is 0 Å². The molecule has 0 aliphatic carbocycles. The van der Waals surface area contributed by atoms with Gasteiger partial charge in [-0.2, -0.15) is 13.2 Å². The summed E-state index contributed by atoms with van der Waals surface area (Å²) in [5, 5.41) is 0. The van der Waals surface area contributed by atoms with Crippen LogP contribution in [0.3, 0.4) is 0 Å². The van der Waals surface area contributed by atoms with E-state index in [1.165, 1.54) is 0 Å². The topological polar surface area (TPSA) is 47.6 Å². The molecule has 6 heteroatoms. The van der Waals surface area contributed by atoms with Crippen molar-refractivity contribution in [2.75, 3.05) is 6.54 Å². The number of rotatable bonds is 2. The van der Waals surface area contributed by atoms with Gasteiger partial charge in [0.2, 0.25) is 0 Å². The summed E-state index contributed by atoms with van der Waals surface area (Å²) >= 11 is 0. The number of amidine groups is 1. The Morgan fingerprint density at radius 1 is 1.27 bits per heavy atom. The zero-order valence-electron chi connectivity index (χ0n) is 7.66. The highest BCUT2D eigenvalue weighted by molar-refractivity contribution is 5.74. The highest BCUT2D eigenvalue weighted by Crippen LogP contribution is 2.14. The summed E-state index contributed by atoms with van der Waals surface area (Å²) in [5.41, 5.74) is 5.14. The van der Waals surface area contributed by atoms with Gasteiger partial charge in [0.05, 0.1) is 0 Å². The van der Waals surface area contributed by atoms with Crippen molar-refractivity contribution in [3.05, 3.63) is 30.3 Å². The molecule has 0 saturated heterocycles. The maximum atomic E-state index is 11.7. The van der Waals surface area contributed by atoms with Crippen molar-refractivity contribution in [3.8, 4) is 5.75 Å². The number of nitrogens with two attached hydrogens (primary N) is 1. The zero-order chi connectivity index (χ0) is 11.3. The molecule has 0 fully saturated rings. The average molecular weight is 218 g/mol. The highest BCUT2D eigenvalue weighted by Gasteiger charge is 2.26. The van der Waals surface area contributed by atoms with E-state index in [9.17, 15) is 13.2 Å². The van der Waals surface area contributed by atoms with E-state index in [1.807, 2.05) is 0 Å². The van der Waals surface area contributed by atoms with Gasteiger partial charge in [-0.25, -0.2) is 4.99 Å². The molecule has 0 amide bonds. The summed E-state index contributed by atoms with van der Waals surface area (Å²) < 4.78 is 40.0. The molecule has 1 aromatic carbocycles. The van der Waals surface area contributed by atoms with Crippen molar-refractivity contribution in [1.29, 1.82) is 0 Å². The Hall–Kier alpha value is -1.72. The first-order valence-electron chi connectivity index (χ1n) is 4.07. The van der Waals surface area contributed by atoms with Crippen LogP contribution in [0.4, 0.5) is 13.2 Å². The lowest BCUT2D eigenvalue weighted by atomic mass is 10.3. The summed E-state index contributed by atoms with van der Waals surface area (Å²) in [7, 11) is 0. The second-order valence-electron chi connectivity index (χ2n) is 2.68. The molecule has 1 rings (SSSR count). The van der Waals surface area contributed by atoms with E-state index in [2.05, 4.69) is 4.99 Å². The van der Waals surface area contributed by atoms with Crippen molar-refractivity contribution < 1.29 is 17.9 Å². The standard InChI is InChI=1S/C9H9F3N2O/c10-9(11,12)6-14-8(13)15-7-4-2-1-3-5-7/h1-5H,6H2,(H2,13,14). The molecule has 1 aromatic rings. The Labute approximate surface area is 84.4 Å². The molecule has 0 heterocycles. The van der Waals surface area contributed by atoms with Crippen LogP contribution in [0.2, 0.25) is 0 Å². The normalized spacial score (nSPS) is 12.6. The maximum absolute atomic E-state index is 11.7. The fourth-order valence-corrected chi connectivity index (χ4v) is 0.809. The Morgan fingerprint density at radius 2 is 1.87 bits per heavy atom. The largest absolute Gasteiger partial charge is 0.426 e. The minimum atomic E-state index is -4.37. The Morgan fingerprint density at radius 3 is 2.40 bits per heavy atom. The molecular weight excluding hydrogens is 209 g/mol. The third kappa shape index (κ3) is 4.90. The molecule has 0 saturated carbocycles. The van der Waals surface area contributed by atoms with Gasteiger partial charge in [-0.05, 0) is 12.1 Å². The lowest BCUT2D eigenvalue weighted by molar-refractivity contribution is -0.118. The Balaban J connectivity index is 2.53. The predicted octanol–water partition coefficient (Wildman–Crippen LogP) is 1.94. The van der Waals surface area contributed by atoms with Crippen LogP contribution in [0.5, 0.6) is 5.75 Å². The molecule has 15 heavy (non-hydrogen) atoms. The third-order valence-corrected chi connectivity index (χ3v) is 1.38. The van der Waals surface area contributed by atoms with E-state index in [1.54, 1.807) is 30.3 Å². The minimum absolute atomic E-state index is 0.348. The van der Waals surface area contributed by atoms with E-state index < -0.39 is 18.7 Å². The number of hydrogen-bond donors (Lipinski definition) is 1. The molecule has 0 unspecified atom stereocenters. The zero-order valence-corrected chi connectivity index (χ0v) is 7.66. The van der Waals surface area contributed by atoms with Crippen LogP contribution < -0.4 is 10.5 Å². The number of ether oxygens (including phenoxy) is 1. The van der Waals surface area contributed by atoms with E-state index in [0.717, 1.165) is 0 Å². The number of hydrogen-bond acceptors (Lipinski definition) is 2. The van der Waals surface area contributed by atoms with Gasteiger partial charge in [0.25, 0.3) is 6.02 Å². The van der Waals surface area contributed by atoms with Crippen molar-refractivity contribution in [2.24, 2.45) is 10.7 Å². The van der Waals surface area contributed by atoms with Gasteiger partial charge in [0.15, 0.2) is 0 Å². The number of benzene rings is 1. The fraction of sp³-hybridized carbons (Fsp3) is 0.222. The Kier molecular flexibility index (Phi) is 3.54. The monoisotopic (exact) mass is 218 g/mol. The molecule has 3 nitrogen and oxygen atoms in total. The summed E-state index contributed by atoms with van der Waals surface area (Å²) in [6.07, 6.45) is -4.37. The molecule has 0 aliphatic rings. The second kappa shape index (κ2) is 4.68. The molecule has 0 radical (unpaired) electrons. The van der Waals surface area contributed by atoms with E-state index in [-0.39, 0.29) is 0 Å². The summed E-state index contributed by atoms with van der Waals surface area (Å²) in [4.78, 5) is 3.04. The molecule has 0 bridgehead atoms. The predicted molar refractivity (Wildman–Crippen MR) is 49.6 cm³/mol. The number of para-hydroxylation sites is 1. The van der Waals surface area contributed by atoms with Crippen LogP contribution in [-0.2, 0) is 0 Å². The number of alkyl halides is 3. The summed E-state index contributed by atoms with van der Waals surface area (Å²) in [6, 6.07) is 7.72. The smallest absolute Gasteiger partial charge is 0.408 e. The maximum Gasteiger partial charge on any atom is 0.408 e. The highest BCUT2D eigenvalue weighted by atomic mass is 19.4. The van der Waals surface area contributed by atoms with Crippen LogP contribution in [0.25, 0.3) is 0 Å². The first-order valence-corrected chi connectivity index (χ1v) is 4.07. The van der Waals surface area contributed by atoms with Crippen LogP contribution in [0.1, 0.15) is 0 Å². The quantitative estimate of drug-likeness (QED) is 0.609. The van der Waals surface area contributed by atoms with Gasteiger partial charge in [0.1, 0.15) is 12.3 Å². The van der Waals surface area contributed by atoms with Gasteiger partial charge < -0.3 is 10.5 Å². The second-order valence-corrected chi connectivity index (χ2v) is 2.68. The SMILES string of the molecule is NC(=NCC(F)(F)F)Oc1ccccc1. The van der Waals surface area contributed by atoms with Gasteiger partial charge in [0, 0.05) is 0 Å². The molecule has 2 N–H and O–H groups in total. The van der Waals surface area contributed by atoms with E-state index in [4.69, 9.17) is 10.5 Å². The Bertz CT molecular complexity index is 335. The lowest BCUT2D eigenvalue weighted by Gasteiger charge is -2.05. The van der Waals surface area contributed by atoms with Gasteiger partial charge in [-0.3, -0.25) is 0 Å². The molecule has 0 atom stereocenters. The molecule has 0 aliphatic heterocycles. The van der Waals surface area contributed by atoms with Gasteiger partial charge in [-0.1, -0.05) is 18.2 Å². The van der Waals surface area contributed by atoms with E-state index in [0.29, 0.717) is 5.75 Å². The average Bonchev–Trinajstić information content (AvgIpc) is 2.15. The van der Waals surface area contributed by atoms with Crippen LogP contribution in [0.15, 0.2) is 35.3 Å². The minimum Gasteiger partial charge on any atom is -0.426 e. The molecule has 0 aromatic heterocycles. The number of halogens is 3. The third-order valence-electron chi connectivity index (χ3n) is 1.38. The lowest BCUT2D eigenvalue weighted by Crippen LogP contribution is -2.23. The van der Waals surface area contributed by atoms with Crippen LogP contribution in [0, 0.1) is 0 Å². The summed E-state index contributed by atoms with van der Waals surface area (Å²) in [5.74, 6) is 0.348. The number of aliphatic imine (C=N–C) groups is 1.